The molecule has 0 radical (unpaired) electrons. The first-order valence-corrected chi connectivity index (χ1v) is 5.70. The Morgan fingerprint density at radius 3 is 2.38 bits per heavy atom. The average molecular weight is 246 g/mol. The molecule has 0 spiro atoms. The number of carbonyl (C=O) groups excluding carboxylic acids is 2. The van der Waals surface area contributed by atoms with Crippen LogP contribution >= 0.6 is 12.2 Å². The molecule has 6 heteroatoms. The van der Waals surface area contributed by atoms with Crippen molar-refractivity contribution in [1.82, 2.24) is 10.8 Å². The smallest absolute Gasteiger partial charge is 0.190 e. The van der Waals surface area contributed by atoms with Gasteiger partial charge in [0, 0.05) is 19.3 Å². The molecule has 0 aromatic carbocycles. The predicted octanol–water partition coefficient (Wildman–Crippen LogP) is 0.947. The van der Waals surface area contributed by atoms with E-state index in [0.717, 1.165) is 0 Å². The zero-order chi connectivity index (χ0) is 12.6. The van der Waals surface area contributed by atoms with Gasteiger partial charge in [0.15, 0.2) is 10.9 Å². The normalized spacial score (nSPS) is 11.7. The molecule has 0 aromatic rings. The van der Waals surface area contributed by atoms with Gasteiger partial charge in [-0.1, -0.05) is 13.8 Å². The van der Waals surface area contributed by atoms with E-state index in [0.29, 0.717) is 25.7 Å². The van der Waals surface area contributed by atoms with Crippen molar-refractivity contribution in [3.05, 3.63) is 0 Å². The van der Waals surface area contributed by atoms with Crippen molar-refractivity contribution in [3.8, 4) is 0 Å². The fraction of sp³-hybridized carbons (Fsp3) is 0.700. The van der Waals surface area contributed by atoms with Gasteiger partial charge in [0.2, 0.25) is 0 Å². The van der Waals surface area contributed by atoms with E-state index >= 15 is 0 Å². The third kappa shape index (κ3) is 5.77. The number of thiocarbonyl (C=S) groups is 1. The highest BCUT2D eigenvalue weighted by Gasteiger charge is 2.18. The van der Waals surface area contributed by atoms with Crippen LogP contribution in [0.4, 0.5) is 0 Å². The Labute approximate surface area is 101 Å². The van der Waals surface area contributed by atoms with Crippen LogP contribution in [-0.4, -0.2) is 27.9 Å². The van der Waals surface area contributed by atoms with Gasteiger partial charge in [0.05, 0.1) is 6.04 Å². The highest BCUT2D eigenvalue weighted by atomic mass is 32.1. The molecular weight excluding hydrogens is 228 g/mol. The maximum atomic E-state index is 11.5. The molecule has 0 bridgehead atoms. The van der Waals surface area contributed by atoms with Gasteiger partial charge in [-0.2, -0.15) is 0 Å². The molecule has 0 aliphatic rings. The number of nitrogens with one attached hydrogen (secondary N) is 2. The summed E-state index contributed by atoms with van der Waals surface area (Å²) in [7, 11) is 0. The molecule has 0 saturated carbocycles. The summed E-state index contributed by atoms with van der Waals surface area (Å²) in [5.41, 5.74) is 1.76. The number of ketones is 2. The lowest BCUT2D eigenvalue weighted by Crippen LogP contribution is -2.45. The van der Waals surface area contributed by atoms with Gasteiger partial charge in [-0.25, -0.2) is 5.48 Å². The van der Waals surface area contributed by atoms with E-state index in [1.165, 1.54) is 0 Å². The zero-order valence-corrected chi connectivity index (χ0v) is 10.4. The van der Waals surface area contributed by atoms with Crippen LogP contribution in [0.25, 0.3) is 0 Å². The quantitative estimate of drug-likeness (QED) is 0.458. The van der Waals surface area contributed by atoms with Crippen molar-refractivity contribution in [1.29, 1.82) is 0 Å². The van der Waals surface area contributed by atoms with Crippen molar-refractivity contribution < 1.29 is 14.8 Å². The number of hydrogen-bond donors (Lipinski definition) is 3. The second-order valence-electron chi connectivity index (χ2n) is 3.39. The van der Waals surface area contributed by atoms with Crippen LogP contribution in [0.5, 0.6) is 0 Å². The van der Waals surface area contributed by atoms with E-state index in [-0.39, 0.29) is 16.7 Å². The predicted molar refractivity (Wildman–Crippen MR) is 64.3 cm³/mol. The summed E-state index contributed by atoms with van der Waals surface area (Å²) in [6, 6.07) is -0.507. The van der Waals surface area contributed by atoms with E-state index in [1.54, 1.807) is 19.3 Å². The van der Waals surface area contributed by atoms with Gasteiger partial charge in [-0.05, 0) is 18.6 Å². The standard InChI is InChI=1S/C10H18N2O3S/c1-3-7(13)5-6-8(9(14)4-2)11-10(16)12-15/h8,15H,3-6H2,1-2H3,(H2,11,12,16). The first kappa shape index (κ1) is 15.0. The molecule has 0 rings (SSSR count). The van der Waals surface area contributed by atoms with E-state index in [1.807, 2.05) is 0 Å². The fourth-order valence-corrected chi connectivity index (χ4v) is 1.37. The number of hydrogen-bond acceptors (Lipinski definition) is 4. The van der Waals surface area contributed by atoms with E-state index < -0.39 is 6.04 Å². The lowest BCUT2D eigenvalue weighted by molar-refractivity contribution is -0.121. The Bertz CT molecular complexity index is 269. The van der Waals surface area contributed by atoms with E-state index in [4.69, 9.17) is 17.4 Å². The summed E-state index contributed by atoms with van der Waals surface area (Å²) in [5.74, 6) is 0.0834. The molecule has 0 aromatic heterocycles. The van der Waals surface area contributed by atoms with Gasteiger partial charge in [-0.15, -0.1) is 0 Å². The van der Waals surface area contributed by atoms with Crippen molar-refractivity contribution >= 4 is 28.9 Å². The van der Waals surface area contributed by atoms with Crippen LogP contribution in [0.1, 0.15) is 39.5 Å². The minimum atomic E-state index is -0.507. The maximum absolute atomic E-state index is 11.5. The van der Waals surface area contributed by atoms with Crippen LogP contribution in [0.15, 0.2) is 0 Å². The number of hydroxylamine groups is 1. The number of Topliss-reactive ketones (excluding diaryl/α,β-unsaturated/α-hetero) is 2. The van der Waals surface area contributed by atoms with Crippen molar-refractivity contribution in [2.24, 2.45) is 0 Å². The summed E-state index contributed by atoms with van der Waals surface area (Å²) < 4.78 is 0. The van der Waals surface area contributed by atoms with Gasteiger partial charge in [0.25, 0.3) is 0 Å². The molecule has 0 heterocycles. The zero-order valence-electron chi connectivity index (χ0n) is 9.58. The van der Waals surface area contributed by atoms with Crippen LogP contribution in [0, 0.1) is 0 Å². The second-order valence-corrected chi connectivity index (χ2v) is 3.80. The average Bonchev–Trinajstić information content (AvgIpc) is 2.32. The summed E-state index contributed by atoms with van der Waals surface area (Å²) >= 11 is 4.70. The summed E-state index contributed by atoms with van der Waals surface area (Å²) in [5, 5.41) is 11.2. The third-order valence-electron chi connectivity index (χ3n) is 2.25. The molecule has 0 amide bonds. The second kappa shape index (κ2) is 8.18. The third-order valence-corrected chi connectivity index (χ3v) is 2.46. The monoisotopic (exact) mass is 246 g/mol. The Hall–Kier alpha value is -1.01. The molecule has 0 saturated heterocycles. The van der Waals surface area contributed by atoms with Crippen LogP contribution in [0.2, 0.25) is 0 Å². The molecule has 3 N–H and O–H groups in total. The van der Waals surface area contributed by atoms with E-state index in [9.17, 15) is 9.59 Å². The minimum Gasteiger partial charge on any atom is -0.351 e. The van der Waals surface area contributed by atoms with Crippen molar-refractivity contribution in [2.75, 3.05) is 0 Å². The van der Waals surface area contributed by atoms with Crippen LogP contribution in [0.3, 0.4) is 0 Å². The Kier molecular flexibility index (Phi) is 7.66. The minimum absolute atomic E-state index is 0.00394. The van der Waals surface area contributed by atoms with Crippen LogP contribution < -0.4 is 10.8 Å². The van der Waals surface area contributed by atoms with Gasteiger partial charge >= 0.3 is 0 Å². The number of carbonyl (C=O) groups is 2. The van der Waals surface area contributed by atoms with Crippen LogP contribution in [-0.2, 0) is 9.59 Å². The lowest BCUT2D eigenvalue weighted by Gasteiger charge is -2.17. The lowest BCUT2D eigenvalue weighted by atomic mass is 10.0. The van der Waals surface area contributed by atoms with Gasteiger partial charge in [-0.3, -0.25) is 14.8 Å². The highest BCUT2D eigenvalue weighted by molar-refractivity contribution is 7.80. The van der Waals surface area contributed by atoms with Gasteiger partial charge in [0.1, 0.15) is 5.78 Å². The molecule has 0 fully saturated rings. The maximum Gasteiger partial charge on any atom is 0.190 e. The Balaban J connectivity index is 4.26. The molecular formula is C10H18N2O3S. The van der Waals surface area contributed by atoms with E-state index in [2.05, 4.69) is 5.32 Å². The largest absolute Gasteiger partial charge is 0.351 e. The molecule has 0 aliphatic heterocycles. The first-order valence-electron chi connectivity index (χ1n) is 5.30. The summed E-state index contributed by atoms with van der Waals surface area (Å²) in [6.45, 7) is 3.53. The molecule has 1 unspecified atom stereocenters. The molecule has 92 valence electrons. The topological polar surface area (TPSA) is 78.4 Å². The van der Waals surface area contributed by atoms with Gasteiger partial charge < -0.3 is 5.32 Å². The summed E-state index contributed by atoms with van der Waals surface area (Å²) in [4.78, 5) is 22.7. The molecule has 1 atom stereocenters. The highest BCUT2D eigenvalue weighted by Crippen LogP contribution is 2.03. The SMILES string of the molecule is CCC(=O)CCC(NC(=S)NO)C(=O)CC. The molecule has 16 heavy (non-hydrogen) atoms. The molecule has 5 nitrogen and oxygen atoms in total. The number of rotatable bonds is 7. The van der Waals surface area contributed by atoms with Crippen molar-refractivity contribution in [2.45, 2.75) is 45.6 Å². The Morgan fingerprint density at radius 1 is 1.31 bits per heavy atom. The fourth-order valence-electron chi connectivity index (χ4n) is 1.23. The first-order chi connectivity index (χ1) is 7.54. The Morgan fingerprint density at radius 2 is 1.94 bits per heavy atom. The van der Waals surface area contributed by atoms with Crippen molar-refractivity contribution in [3.63, 3.8) is 0 Å². The summed E-state index contributed by atoms with van der Waals surface area (Å²) in [6.07, 6.45) is 1.58. The molecule has 0 aliphatic carbocycles.